The Kier molecular flexibility index (Phi) is 3.72. The molecule has 0 unspecified atom stereocenters. The van der Waals surface area contributed by atoms with Gasteiger partial charge in [0.2, 0.25) is 0 Å². The molecule has 0 radical (unpaired) electrons. The number of nitrogens with zero attached hydrogens (tertiary/aromatic N) is 2. The molecule has 1 aromatic heterocycles. The van der Waals surface area contributed by atoms with E-state index in [1.165, 1.54) is 0 Å². The molecule has 0 bridgehead atoms. The first kappa shape index (κ1) is 11.6. The van der Waals surface area contributed by atoms with Gasteiger partial charge in [0.05, 0.1) is 11.6 Å². The Morgan fingerprint density at radius 1 is 1.41 bits per heavy atom. The fourth-order valence-electron chi connectivity index (χ4n) is 1.35. The van der Waals surface area contributed by atoms with Crippen LogP contribution < -0.4 is 11.1 Å². The quantitative estimate of drug-likeness (QED) is 0.645. The molecule has 0 aliphatic rings. The van der Waals surface area contributed by atoms with Crippen LogP contribution in [0, 0.1) is 6.92 Å². The molecule has 0 aliphatic heterocycles. The number of guanidine groups is 1. The highest BCUT2D eigenvalue weighted by Gasteiger charge is 1.97. The van der Waals surface area contributed by atoms with E-state index in [0.717, 1.165) is 15.6 Å². The first-order valence-electron chi connectivity index (χ1n) is 5.27. The minimum atomic E-state index is 0.419. The van der Waals surface area contributed by atoms with Gasteiger partial charge in [0, 0.05) is 16.8 Å². The number of hydrogen-bond acceptors (Lipinski definition) is 3. The van der Waals surface area contributed by atoms with Crippen LogP contribution in [0.1, 0.15) is 9.88 Å². The largest absolute Gasteiger partial charge is 0.370 e. The molecule has 3 N–H and O–H groups in total. The van der Waals surface area contributed by atoms with E-state index in [-0.39, 0.29) is 0 Å². The number of benzene rings is 1. The van der Waals surface area contributed by atoms with Crippen molar-refractivity contribution in [1.82, 2.24) is 4.98 Å². The standard InChI is InChI=1S/C12H14N4S/c1-9-14-7-11(17-9)8-15-12(13)16-10-5-3-2-4-6-10/h2-7H,8H2,1H3,(H3,13,15,16). The zero-order chi connectivity index (χ0) is 12.1. The van der Waals surface area contributed by atoms with E-state index in [9.17, 15) is 0 Å². The van der Waals surface area contributed by atoms with Gasteiger partial charge in [-0.2, -0.15) is 0 Å². The summed E-state index contributed by atoms with van der Waals surface area (Å²) in [5, 5.41) is 4.08. The number of nitrogens with two attached hydrogens (primary N) is 1. The third kappa shape index (κ3) is 3.57. The van der Waals surface area contributed by atoms with Gasteiger partial charge in [0.25, 0.3) is 0 Å². The van der Waals surface area contributed by atoms with Gasteiger partial charge in [-0.25, -0.2) is 9.98 Å². The van der Waals surface area contributed by atoms with Crippen molar-refractivity contribution >= 4 is 23.0 Å². The molecule has 0 saturated carbocycles. The summed E-state index contributed by atoms with van der Waals surface area (Å²) in [6, 6.07) is 9.74. The number of para-hydroxylation sites is 1. The highest BCUT2D eigenvalue weighted by Crippen LogP contribution is 2.12. The Bertz CT molecular complexity index is 504. The van der Waals surface area contributed by atoms with Gasteiger partial charge < -0.3 is 11.1 Å². The van der Waals surface area contributed by atoms with E-state index in [0.29, 0.717) is 12.5 Å². The van der Waals surface area contributed by atoms with Gasteiger partial charge in [-0.3, -0.25) is 0 Å². The maximum Gasteiger partial charge on any atom is 0.193 e. The molecule has 4 nitrogen and oxygen atoms in total. The molecule has 88 valence electrons. The smallest absolute Gasteiger partial charge is 0.193 e. The molecule has 1 heterocycles. The van der Waals surface area contributed by atoms with Crippen molar-refractivity contribution in [3.05, 3.63) is 46.4 Å². The third-order valence-corrected chi connectivity index (χ3v) is 3.02. The van der Waals surface area contributed by atoms with Crippen molar-refractivity contribution in [2.24, 2.45) is 10.7 Å². The van der Waals surface area contributed by atoms with E-state index in [1.807, 2.05) is 43.5 Å². The molecule has 0 atom stereocenters. The van der Waals surface area contributed by atoms with E-state index in [4.69, 9.17) is 5.73 Å². The van der Waals surface area contributed by atoms with Crippen LogP contribution in [-0.4, -0.2) is 10.9 Å². The first-order valence-corrected chi connectivity index (χ1v) is 6.09. The van der Waals surface area contributed by atoms with E-state index < -0.39 is 0 Å². The average molecular weight is 246 g/mol. The lowest BCUT2D eigenvalue weighted by Crippen LogP contribution is -2.22. The van der Waals surface area contributed by atoms with Crippen molar-refractivity contribution in [3.63, 3.8) is 0 Å². The summed E-state index contributed by atoms with van der Waals surface area (Å²) >= 11 is 1.63. The van der Waals surface area contributed by atoms with E-state index >= 15 is 0 Å². The summed E-state index contributed by atoms with van der Waals surface area (Å²) in [4.78, 5) is 9.53. The summed E-state index contributed by atoms with van der Waals surface area (Å²) in [5.41, 5.74) is 6.72. The van der Waals surface area contributed by atoms with Crippen LogP contribution in [0.4, 0.5) is 5.69 Å². The molecule has 1 aromatic carbocycles. The molecular weight excluding hydrogens is 232 g/mol. The van der Waals surface area contributed by atoms with Crippen molar-refractivity contribution in [1.29, 1.82) is 0 Å². The summed E-state index contributed by atoms with van der Waals surface area (Å²) in [6.45, 7) is 2.54. The lowest BCUT2D eigenvalue weighted by molar-refractivity contribution is 1.08. The van der Waals surface area contributed by atoms with Crippen LogP contribution >= 0.6 is 11.3 Å². The molecular formula is C12H14N4S. The zero-order valence-electron chi connectivity index (χ0n) is 9.55. The Morgan fingerprint density at radius 3 is 2.82 bits per heavy atom. The van der Waals surface area contributed by atoms with Crippen LogP contribution in [0.25, 0.3) is 0 Å². The van der Waals surface area contributed by atoms with Gasteiger partial charge in [-0.1, -0.05) is 18.2 Å². The second-order valence-corrected chi connectivity index (χ2v) is 4.86. The Balaban J connectivity index is 1.94. The highest BCUT2D eigenvalue weighted by molar-refractivity contribution is 7.11. The molecule has 0 aliphatic carbocycles. The number of hydrogen-bond donors (Lipinski definition) is 2. The molecule has 0 fully saturated rings. The van der Waals surface area contributed by atoms with Gasteiger partial charge >= 0.3 is 0 Å². The Morgan fingerprint density at radius 2 is 2.18 bits per heavy atom. The van der Waals surface area contributed by atoms with Crippen LogP contribution in [0.5, 0.6) is 0 Å². The number of nitrogens with one attached hydrogen (secondary N) is 1. The number of rotatable bonds is 3. The maximum atomic E-state index is 5.78. The summed E-state index contributed by atoms with van der Waals surface area (Å²) in [5.74, 6) is 0.419. The topological polar surface area (TPSA) is 63.3 Å². The first-order chi connectivity index (χ1) is 8.24. The predicted molar refractivity (Wildman–Crippen MR) is 72.2 cm³/mol. The molecule has 2 rings (SSSR count). The summed E-state index contributed by atoms with van der Waals surface area (Å²) in [7, 11) is 0. The number of anilines is 1. The van der Waals surface area contributed by atoms with Gasteiger partial charge in [-0.05, 0) is 19.1 Å². The normalized spacial score (nSPS) is 11.5. The molecule has 0 amide bonds. The van der Waals surface area contributed by atoms with Crippen LogP contribution in [0.3, 0.4) is 0 Å². The lowest BCUT2D eigenvalue weighted by Gasteiger charge is -2.04. The van der Waals surface area contributed by atoms with Crippen LogP contribution in [-0.2, 0) is 6.54 Å². The van der Waals surface area contributed by atoms with Crippen LogP contribution in [0.15, 0.2) is 41.5 Å². The second kappa shape index (κ2) is 5.45. The monoisotopic (exact) mass is 246 g/mol. The maximum absolute atomic E-state index is 5.78. The second-order valence-electron chi connectivity index (χ2n) is 3.54. The lowest BCUT2D eigenvalue weighted by atomic mass is 10.3. The fourth-order valence-corrected chi connectivity index (χ4v) is 2.07. The SMILES string of the molecule is Cc1ncc(CN=C(N)Nc2ccccc2)s1. The fraction of sp³-hybridized carbons (Fsp3) is 0.167. The molecule has 5 heteroatoms. The molecule has 2 aromatic rings. The third-order valence-electron chi connectivity index (χ3n) is 2.12. The minimum Gasteiger partial charge on any atom is -0.370 e. The molecule has 17 heavy (non-hydrogen) atoms. The predicted octanol–water partition coefficient (Wildman–Crippen LogP) is 2.38. The highest BCUT2D eigenvalue weighted by atomic mass is 32.1. The van der Waals surface area contributed by atoms with Crippen molar-refractivity contribution in [3.8, 4) is 0 Å². The number of thiazole rings is 1. The van der Waals surface area contributed by atoms with E-state index in [2.05, 4.69) is 15.3 Å². The molecule has 0 spiro atoms. The van der Waals surface area contributed by atoms with Gasteiger partial charge in [0.1, 0.15) is 0 Å². The van der Waals surface area contributed by atoms with Crippen molar-refractivity contribution in [2.75, 3.05) is 5.32 Å². The zero-order valence-corrected chi connectivity index (χ0v) is 10.4. The van der Waals surface area contributed by atoms with Gasteiger partial charge in [-0.15, -0.1) is 11.3 Å². The van der Waals surface area contributed by atoms with E-state index in [1.54, 1.807) is 11.3 Å². The summed E-state index contributed by atoms with van der Waals surface area (Å²) < 4.78 is 0. The van der Waals surface area contributed by atoms with Crippen LogP contribution in [0.2, 0.25) is 0 Å². The van der Waals surface area contributed by atoms with Crippen molar-refractivity contribution < 1.29 is 0 Å². The number of aromatic nitrogens is 1. The van der Waals surface area contributed by atoms with Gasteiger partial charge in [0.15, 0.2) is 5.96 Å². The Hall–Kier alpha value is -1.88. The molecule has 0 saturated heterocycles. The Labute approximate surface area is 104 Å². The van der Waals surface area contributed by atoms with Crippen molar-refractivity contribution in [2.45, 2.75) is 13.5 Å². The number of aliphatic imine (C=N–C) groups is 1. The minimum absolute atomic E-state index is 0.419. The summed E-state index contributed by atoms with van der Waals surface area (Å²) in [6.07, 6.45) is 1.83. The number of aryl methyl sites for hydroxylation is 1. The average Bonchev–Trinajstić information content (AvgIpc) is 2.74.